The van der Waals surface area contributed by atoms with Gasteiger partial charge in [-0.15, -0.1) is 5.10 Å². The van der Waals surface area contributed by atoms with Crippen molar-refractivity contribution in [2.24, 2.45) is 21.7 Å². The average Bonchev–Trinajstić information content (AvgIpc) is 3.81. The average molecular weight is 1010 g/mol. The molecule has 4 aromatic rings. The Labute approximate surface area is 429 Å². The molecule has 3 aromatic carbocycles. The summed E-state index contributed by atoms with van der Waals surface area (Å²) in [5.41, 5.74) is -17.6. The second kappa shape index (κ2) is 21.2. The van der Waals surface area contributed by atoms with E-state index in [1.54, 1.807) is 47.1 Å². The zero-order valence-corrected chi connectivity index (χ0v) is 43.7. The van der Waals surface area contributed by atoms with Crippen molar-refractivity contribution in [1.82, 2.24) is 9.78 Å². The van der Waals surface area contributed by atoms with Gasteiger partial charge in [0, 0.05) is 56.8 Å². The number of hydrogen-bond acceptors (Lipinski definition) is 15. The molecule has 2 unspecified atom stereocenters. The summed E-state index contributed by atoms with van der Waals surface area (Å²) in [5, 5.41) is 58.0. The minimum Gasteiger partial charge on any atom is -0.497 e. The lowest BCUT2D eigenvalue weighted by Crippen LogP contribution is -2.90. The molecular formula is C56H76N2O14. The van der Waals surface area contributed by atoms with Crippen LogP contribution in [0.5, 0.6) is 23.1 Å². The first-order valence-electron chi connectivity index (χ1n) is 26.5. The highest BCUT2D eigenvalue weighted by Gasteiger charge is 2.84. The van der Waals surface area contributed by atoms with Gasteiger partial charge in [0.2, 0.25) is 23.4 Å². The van der Waals surface area contributed by atoms with E-state index in [0.717, 1.165) is 33.3 Å². The van der Waals surface area contributed by atoms with Crippen molar-refractivity contribution in [3.8, 4) is 34.4 Å². The third-order valence-corrected chi connectivity index (χ3v) is 12.5. The third-order valence-electron chi connectivity index (χ3n) is 12.5. The monoisotopic (exact) mass is 1000 g/mol. The summed E-state index contributed by atoms with van der Waals surface area (Å²) in [6.07, 6.45) is -8.42. The van der Waals surface area contributed by atoms with Crippen LogP contribution in [0.3, 0.4) is 0 Å². The number of carbonyl (C=O) groups is 4. The zero-order valence-electron chi connectivity index (χ0n) is 47.7. The molecule has 6 atom stereocenters. The van der Waals surface area contributed by atoms with Gasteiger partial charge in [0.05, 0.1) is 33.1 Å². The molecule has 4 N–H and O–H groups in total. The molecule has 1 fully saturated rings. The highest BCUT2D eigenvalue weighted by molar-refractivity contribution is 6.10. The second-order valence-electron chi connectivity index (χ2n) is 21.5. The quantitative estimate of drug-likeness (QED) is 0.0670. The minimum absolute atomic E-state index is 0.109. The van der Waals surface area contributed by atoms with Crippen LogP contribution in [0.4, 0.5) is 0 Å². The van der Waals surface area contributed by atoms with Gasteiger partial charge in [-0.25, -0.2) is 0 Å². The Balaban J connectivity index is 1.84. The summed E-state index contributed by atoms with van der Waals surface area (Å²) in [4.78, 5) is 60.7. The van der Waals surface area contributed by atoms with Crippen LogP contribution in [0, 0.1) is 21.7 Å². The number of benzene rings is 3. The van der Waals surface area contributed by atoms with Gasteiger partial charge >= 0.3 is 0 Å². The lowest BCUT2D eigenvalue weighted by molar-refractivity contribution is -0.363. The molecule has 16 heteroatoms. The lowest BCUT2D eigenvalue weighted by atomic mass is 9.52. The summed E-state index contributed by atoms with van der Waals surface area (Å²) < 4.78 is 71.2. The molecule has 72 heavy (non-hydrogen) atoms. The molecule has 5 rings (SSSR count). The fourth-order valence-electron chi connectivity index (χ4n) is 8.75. The van der Waals surface area contributed by atoms with Gasteiger partial charge in [0.15, 0.2) is 28.7 Å². The predicted octanol–water partition coefficient (Wildman–Crippen LogP) is 7.45. The molecule has 1 aliphatic rings. The van der Waals surface area contributed by atoms with Crippen LogP contribution < -0.4 is 18.9 Å². The maximum atomic E-state index is 15.5. The largest absolute Gasteiger partial charge is 0.497 e. The molecular weight excluding hydrogens is 925 g/mol. The van der Waals surface area contributed by atoms with Crippen molar-refractivity contribution in [1.29, 1.82) is 0 Å². The zero-order chi connectivity index (χ0) is 57.0. The molecule has 16 nitrogen and oxygen atoms in total. The number of aliphatic hydroxyl groups excluding tert-OH is 1. The van der Waals surface area contributed by atoms with E-state index in [0.29, 0.717) is 40.7 Å². The van der Waals surface area contributed by atoms with Crippen LogP contribution in [-0.2, 0) is 41.7 Å². The molecule has 1 aliphatic heterocycles. The number of methoxy groups -OCH3 is 2. The Morgan fingerprint density at radius 2 is 1.32 bits per heavy atom. The maximum absolute atomic E-state index is 15.5. The normalized spacial score (nSPS) is 23.0. The Morgan fingerprint density at radius 1 is 0.750 bits per heavy atom. The van der Waals surface area contributed by atoms with Gasteiger partial charge < -0.3 is 48.8 Å². The summed E-state index contributed by atoms with van der Waals surface area (Å²) in [6, 6.07) is 21.2. The summed E-state index contributed by atoms with van der Waals surface area (Å²) in [5.74, 6) is -5.18. The van der Waals surface area contributed by atoms with E-state index in [1.807, 2.05) is 44.2 Å². The number of aromatic nitrogens is 2. The molecule has 0 amide bonds. The second-order valence-corrected chi connectivity index (χ2v) is 21.5. The first-order valence-corrected chi connectivity index (χ1v) is 23.7. The van der Waals surface area contributed by atoms with Gasteiger partial charge in [0.1, 0.15) is 36.1 Å². The van der Waals surface area contributed by atoms with Crippen LogP contribution >= 0.6 is 0 Å². The number of ketones is 4. The molecule has 0 radical (unpaired) electrons. The summed E-state index contributed by atoms with van der Waals surface area (Å²) >= 11 is 0. The van der Waals surface area contributed by atoms with E-state index in [4.69, 9.17) is 39.0 Å². The van der Waals surface area contributed by atoms with Gasteiger partial charge in [0.25, 0.3) is 0 Å². The van der Waals surface area contributed by atoms with Crippen molar-refractivity contribution >= 4 is 23.1 Å². The Morgan fingerprint density at radius 3 is 1.88 bits per heavy atom. The lowest BCUT2D eigenvalue weighted by Gasteiger charge is -2.61. The first kappa shape index (κ1) is 51.4. The Bertz CT molecular complexity index is 2690. The van der Waals surface area contributed by atoms with Crippen molar-refractivity contribution in [2.45, 2.75) is 151 Å². The molecule has 0 saturated carbocycles. The number of nitrogens with zero attached hydrogens (tertiary/aromatic N) is 2. The van der Waals surface area contributed by atoms with Crippen molar-refractivity contribution in [3.05, 3.63) is 89.5 Å². The number of Topliss-reactive ketones (excluding diaryl/α,β-unsaturated/α-hetero) is 4. The SMILES string of the molecule is [2H]CC(C)(C)C(=O)C(O)[C@H]1OC(Oc2nn(C(C)C)c(-c3ccc(OC)cc3)c2Cc2ccc(OCCOCc3ccccc3)cc2OC)[C@@](O)(C(=O)C(C)(C)C[2H])[C@](O)(C(=O)C(C)(C)C[2H])[C@@]1(O)C(=O)C(C)(C)C[2H]. The van der Waals surface area contributed by atoms with Crippen LogP contribution in [0.15, 0.2) is 72.8 Å². The molecule has 0 bridgehead atoms. The van der Waals surface area contributed by atoms with Crippen molar-refractivity contribution in [3.63, 3.8) is 0 Å². The number of ether oxygens (including phenoxy) is 6. The van der Waals surface area contributed by atoms with Gasteiger partial charge in [-0.2, -0.15) is 0 Å². The van der Waals surface area contributed by atoms with Gasteiger partial charge in [-0.1, -0.05) is 119 Å². The number of hydrogen-bond donors (Lipinski definition) is 4. The van der Waals surface area contributed by atoms with E-state index in [2.05, 4.69) is 0 Å². The standard InChI is InChI=1S/C56H76N2O14/c1-33(2)58-41(35-22-25-37(67-15)26-23-35)39(30-36-24-27-38(31-40(36)68-16)70-29-28-69-32-34-20-18-17-19-21-34)45(57-58)72-49-55(65,47(62)52(9,10)11)56(66,48(63)53(12,13)14)54(64,46(61)51(6,7)8)44(71-49)42(59)43(60)50(3,4)5/h17-27,31,33,42,44,49,59,64-66H,28-30,32H2,1-16H3/t42?,44-,49?,54+,55+,56+/m1/s1/i3D,6D,9D,12D. The Hall–Kier alpha value is -5.49. The van der Waals surface area contributed by atoms with Gasteiger partial charge in [-0.3, -0.25) is 23.9 Å². The highest BCUT2D eigenvalue weighted by Crippen LogP contribution is 2.54. The topological polar surface area (TPSA) is 222 Å². The molecule has 2 heterocycles. The van der Waals surface area contributed by atoms with Crippen LogP contribution in [0.1, 0.15) is 125 Å². The van der Waals surface area contributed by atoms with E-state index < -0.39 is 120 Å². The number of aliphatic hydroxyl groups is 4. The molecule has 394 valence electrons. The van der Waals surface area contributed by atoms with Crippen molar-refractivity contribution < 1.29 is 73.5 Å². The minimum atomic E-state index is -4.22. The number of carbonyl (C=O) groups excluding carboxylic acids is 4. The molecule has 1 saturated heterocycles. The maximum Gasteiger partial charge on any atom is 0.242 e. The van der Waals surface area contributed by atoms with Crippen LogP contribution in [-0.4, -0.2) is 116 Å². The highest BCUT2D eigenvalue weighted by atomic mass is 16.7. The molecule has 1 aromatic heterocycles. The molecule has 0 aliphatic carbocycles. The third kappa shape index (κ3) is 11.0. The van der Waals surface area contributed by atoms with Crippen molar-refractivity contribution in [2.75, 3.05) is 27.4 Å². The fraction of sp³-hybridized carbons (Fsp3) is 0.554. The van der Waals surface area contributed by atoms with E-state index >= 15 is 14.4 Å². The number of rotatable bonds is 19. The summed E-state index contributed by atoms with van der Waals surface area (Å²) in [6.45, 7) is 10.9. The van der Waals surface area contributed by atoms with E-state index in [-0.39, 0.29) is 25.2 Å². The van der Waals surface area contributed by atoms with Gasteiger partial charge in [-0.05, 0) is 55.3 Å². The van der Waals surface area contributed by atoms with Crippen LogP contribution in [0.2, 0.25) is 0 Å². The predicted molar refractivity (Wildman–Crippen MR) is 270 cm³/mol. The fourth-order valence-corrected chi connectivity index (χ4v) is 8.75. The summed E-state index contributed by atoms with van der Waals surface area (Å²) in [7, 11) is 2.96. The molecule has 0 spiro atoms. The Kier molecular flexibility index (Phi) is 15.1. The van der Waals surface area contributed by atoms with Crippen LogP contribution in [0.25, 0.3) is 11.3 Å². The van der Waals surface area contributed by atoms with E-state index in [1.165, 1.54) is 41.9 Å². The first-order chi connectivity index (χ1) is 35.4. The smallest absolute Gasteiger partial charge is 0.242 e. The van der Waals surface area contributed by atoms with E-state index in [9.17, 15) is 25.2 Å².